The van der Waals surface area contributed by atoms with Crippen molar-refractivity contribution in [2.24, 2.45) is 0 Å². The molecule has 41 heavy (non-hydrogen) atoms. The highest BCUT2D eigenvalue weighted by atomic mass is 35.5. The largest absolute Gasteiger partial charge is 0.352 e. The van der Waals surface area contributed by atoms with Crippen LogP contribution in [0.3, 0.4) is 0 Å². The molecule has 2 amide bonds. The maximum absolute atomic E-state index is 14.1. The van der Waals surface area contributed by atoms with Crippen LogP contribution in [0, 0.1) is 0 Å². The Morgan fingerprint density at radius 2 is 1.54 bits per heavy atom. The van der Waals surface area contributed by atoms with Crippen LogP contribution >= 0.6 is 23.2 Å². The van der Waals surface area contributed by atoms with Crippen LogP contribution < -0.4 is 9.62 Å². The summed E-state index contributed by atoms with van der Waals surface area (Å²) in [5.74, 6) is -0.755. The second-order valence-electron chi connectivity index (χ2n) is 10.2. The smallest absolute Gasteiger partial charge is 0.264 e. The molecule has 0 aliphatic heterocycles. The highest BCUT2D eigenvalue weighted by Gasteiger charge is 2.34. The van der Waals surface area contributed by atoms with Crippen molar-refractivity contribution >= 4 is 50.7 Å². The van der Waals surface area contributed by atoms with E-state index in [-0.39, 0.29) is 23.4 Å². The van der Waals surface area contributed by atoms with Crippen molar-refractivity contribution in [3.8, 4) is 0 Å². The Bertz CT molecular complexity index is 1430. The van der Waals surface area contributed by atoms with E-state index >= 15 is 0 Å². The first-order chi connectivity index (χ1) is 19.7. The standard InChI is InChI=1S/C31H35Cl2N3O4S/c1-2-29(31(38)34-24-12-6-3-7-13-24)35(21-23-18-19-27(32)28(33)20-23)30(37)22-36(25-14-8-4-9-15-25)41(39,40)26-16-10-5-11-17-26/h4-5,8-11,14-20,24,29H,2-3,6-7,12-13,21-22H2,1H3,(H,34,38)/t29-/m0/s1. The number of sulfonamides is 1. The van der Waals surface area contributed by atoms with Gasteiger partial charge >= 0.3 is 0 Å². The van der Waals surface area contributed by atoms with Gasteiger partial charge in [0, 0.05) is 12.6 Å². The molecular formula is C31H35Cl2N3O4S. The summed E-state index contributed by atoms with van der Waals surface area (Å²) in [6.07, 6.45) is 5.41. The van der Waals surface area contributed by atoms with Crippen LogP contribution in [0.4, 0.5) is 5.69 Å². The van der Waals surface area contributed by atoms with E-state index in [0.717, 1.165) is 36.4 Å². The van der Waals surface area contributed by atoms with Crippen LogP contribution in [-0.2, 0) is 26.2 Å². The summed E-state index contributed by atoms with van der Waals surface area (Å²) in [4.78, 5) is 29.2. The Morgan fingerprint density at radius 1 is 0.902 bits per heavy atom. The number of para-hydroxylation sites is 1. The molecule has 0 bridgehead atoms. The van der Waals surface area contributed by atoms with Gasteiger partial charge < -0.3 is 10.2 Å². The number of nitrogens with zero attached hydrogens (tertiary/aromatic N) is 2. The fourth-order valence-corrected chi connectivity index (χ4v) is 6.90. The molecular weight excluding hydrogens is 581 g/mol. The summed E-state index contributed by atoms with van der Waals surface area (Å²) in [6.45, 7) is 1.41. The molecule has 4 rings (SSSR count). The monoisotopic (exact) mass is 615 g/mol. The van der Waals surface area contributed by atoms with Crippen LogP contribution in [0.1, 0.15) is 51.0 Å². The predicted molar refractivity (Wildman–Crippen MR) is 164 cm³/mol. The quantitative estimate of drug-likeness (QED) is 0.269. The summed E-state index contributed by atoms with van der Waals surface area (Å²) in [6, 6.07) is 20.8. The van der Waals surface area contributed by atoms with Gasteiger partial charge in [0.1, 0.15) is 12.6 Å². The van der Waals surface area contributed by atoms with E-state index in [4.69, 9.17) is 23.2 Å². The second kappa shape index (κ2) is 14.2. The number of amides is 2. The molecule has 3 aromatic carbocycles. The summed E-state index contributed by atoms with van der Waals surface area (Å²) in [5, 5.41) is 3.84. The third-order valence-corrected chi connectivity index (χ3v) is 9.86. The number of benzene rings is 3. The molecule has 0 saturated heterocycles. The van der Waals surface area contributed by atoms with Gasteiger partial charge in [0.25, 0.3) is 10.0 Å². The van der Waals surface area contributed by atoms with Gasteiger partial charge in [0.15, 0.2) is 0 Å². The number of hydrogen-bond acceptors (Lipinski definition) is 4. The molecule has 1 aliphatic rings. The first-order valence-corrected chi connectivity index (χ1v) is 16.1. The maximum Gasteiger partial charge on any atom is 0.264 e. The molecule has 3 aromatic rings. The minimum Gasteiger partial charge on any atom is -0.352 e. The lowest BCUT2D eigenvalue weighted by atomic mass is 9.95. The Morgan fingerprint density at radius 3 is 2.15 bits per heavy atom. The number of hydrogen-bond donors (Lipinski definition) is 1. The minimum atomic E-state index is -4.10. The molecule has 0 unspecified atom stereocenters. The predicted octanol–water partition coefficient (Wildman–Crippen LogP) is 6.45. The zero-order valence-electron chi connectivity index (χ0n) is 23.0. The van der Waals surface area contributed by atoms with Crippen molar-refractivity contribution in [2.45, 2.75) is 69.0 Å². The zero-order valence-corrected chi connectivity index (χ0v) is 25.3. The molecule has 218 valence electrons. The molecule has 0 aromatic heterocycles. The van der Waals surface area contributed by atoms with Crippen LogP contribution in [0.25, 0.3) is 0 Å². The molecule has 1 saturated carbocycles. The second-order valence-corrected chi connectivity index (χ2v) is 12.9. The molecule has 0 radical (unpaired) electrons. The van der Waals surface area contributed by atoms with Gasteiger partial charge in [-0.3, -0.25) is 13.9 Å². The van der Waals surface area contributed by atoms with E-state index in [9.17, 15) is 18.0 Å². The number of carbonyl (C=O) groups excluding carboxylic acids is 2. The van der Waals surface area contributed by atoms with Gasteiger partial charge in [0.05, 0.1) is 20.6 Å². The lowest BCUT2D eigenvalue weighted by molar-refractivity contribution is -0.140. The number of anilines is 1. The van der Waals surface area contributed by atoms with Crippen molar-refractivity contribution in [3.05, 3.63) is 94.5 Å². The average molecular weight is 617 g/mol. The molecule has 1 atom stereocenters. The summed E-state index contributed by atoms with van der Waals surface area (Å²) < 4.78 is 28.7. The average Bonchev–Trinajstić information content (AvgIpc) is 2.98. The number of carbonyl (C=O) groups is 2. The molecule has 0 heterocycles. The number of rotatable bonds is 11. The van der Waals surface area contributed by atoms with Crippen molar-refractivity contribution in [2.75, 3.05) is 10.8 Å². The van der Waals surface area contributed by atoms with E-state index in [1.807, 2.05) is 6.92 Å². The van der Waals surface area contributed by atoms with Crippen molar-refractivity contribution < 1.29 is 18.0 Å². The lowest BCUT2D eigenvalue weighted by Gasteiger charge is -2.34. The highest BCUT2D eigenvalue weighted by Crippen LogP contribution is 2.27. The summed E-state index contributed by atoms with van der Waals surface area (Å²) >= 11 is 12.4. The molecule has 7 nitrogen and oxygen atoms in total. The fourth-order valence-electron chi connectivity index (χ4n) is 5.14. The topological polar surface area (TPSA) is 86.8 Å². The summed E-state index contributed by atoms with van der Waals surface area (Å²) in [7, 11) is -4.10. The third-order valence-electron chi connectivity index (χ3n) is 7.33. The van der Waals surface area contributed by atoms with Gasteiger partial charge in [-0.2, -0.15) is 0 Å². The van der Waals surface area contributed by atoms with E-state index < -0.39 is 28.5 Å². The SMILES string of the molecule is CC[C@@H](C(=O)NC1CCCCC1)N(Cc1ccc(Cl)c(Cl)c1)C(=O)CN(c1ccccc1)S(=O)(=O)c1ccccc1. The third kappa shape index (κ3) is 7.82. The Kier molecular flexibility index (Phi) is 10.7. The van der Waals surface area contributed by atoms with Gasteiger partial charge in [-0.05, 0) is 61.2 Å². The van der Waals surface area contributed by atoms with E-state index in [1.54, 1.807) is 66.7 Å². The molecule has 1 aliphatic carbocycles. The van der Waals surface area contributed by atoms with Gasteiger partial charge in [-0.1, -0.05) is 91.9 Å². The Labute approximate surface area is 252 Å². The van der Waals surface area contributed by atoms with Crippen LogP contribution in [0.15, 0.2) is 83.8 Å². The van der Waals surface area contributed by atoms with Crippen LogP contribution in [0.5, 0.6) is 0 Å². The molecule has 0 spiro atoms. The van der Waals surface area contributed by atoms with E-state index in [2.05, 4.69) is 5.32 Å². The van der Waals surface area contributed by atoms with Gasteiger partial charge in [-0.25, -0.2) is 8.42 Å². The van der Waals surface area contributed by atoms with E-state index in [1.165, 1.54) is 17.0 Å². The Hall–Kier alpha value is -3.07. The van der Waals surface area contributed by atoms with E-state index in [0.29, 0.717) is 27.7 Å². The van der Waals surface area contributed by atoms with Crippen LogP contribution in [-0.4, -0.2) is 43.8 Å². The molecule has 1 fully saturated rings. The minimum absolute atomic E-state index is 0.0559. The molecule has 1 N–H and O–H groups in total. The van der Waals surface area contributed by atoms with Gasteiger partial charge in [0.2, 0.25) is 11.8 Å². The number of nitrogens with one attached hydrogen (secondary N) is 1. The summed E-state index contributed by atoms with van der Waals surface area (Å²) in [5.41, 5.74) is 1.02. The van der Waals surface area contributed by atoms with Crippen molar-refractivity contribution in [1.82, 2.24) is 10.2 Å². The number of halogens is 2. The van der Waals surface area contributed by atoms with Crippen LogP contribution in [0.2, 0.25) is 10.0 Å². The fraction of sp³-hybridized carbons (Fsp3) is 0.355. The first-order valence-electron chi connectivity index (χ1n) is 13.9. The maximum atomic E-state index is 14.1. The normalized spacial score (nSPS) is 14.7. The van der Waals surface area contributed by atoms with Crippen molar-refractivity contribution in [1.29, 1.82) is 0 Å². The highest BCUT2D eigenvalue weighted by molar-refractivity contribution is 7.92. The van der Waals surface area contributed by atoms with Gasteiger partial charge in [-0.15, -0.1) is 0 Å². The van der Waals surface area contributed by atoms with Crippen molar-refractivity contribution in [3.63, 3.8) is 0 Å². The zero-order chi connectivity index (χ0) is 29.4. The molecule has 10 heteroatoms. The lowest BCUT2D eigenvalue weighted by Crippen LogP contribution is -2.54. The Balaban J connectivity index is 1.69. The first kappa shape index (κ1) is 30.9.